The molecule has 0 radical (unpaired) electrons. The zero-order valence-electron chi connectivity index (χ0n) is 20.0. The monoisotopic (exact) mass is 571 g/mol. The molecule has 2 heterocycles. The number of amides is 2. The Morgan fingerprint density at radius 2 is 1.85 bits per heavy atom. The lowest BCUT2D eigenvalue weighted by molar-refractivity contribution is -0.127. The highest BCUT2D eigenvalue weighted by molar-refractivity contribution is 14.0. The Morgan fingerprint density at radius 1 is 1.15 bits per heavy atom. The topological polar surface area (TPSA) is 86.3 Å². The summed E-state index contributed by atoms with van der Waals surface area (Å²) < 4.78 is 5.72. The van der Waals surface area contributed by atoms with Crippen molar-refractivity contribution in [1.29, 1.82) is 0 Å². The first-order chi connectivity index (χ1) is 15.5. The van der Waals surface area contributed by atoms with Crippen molar-refractivity contribution in [3.8, 4) is 0 Å². The summed E-state index contributed by atoms with van der Waals surface area (Å²) in [6.07, 6.45) is 2.68. The minimum Gasteiger partial charge on any atom is -0.372 e. The van der Waals surface area contributed by atoms with Gasteiger partial charge in [-0.2, -0.15) is 0 Å². The Labute approximate surface area is 214 Å². The van der Waals surface area contributed by atoms with Crippen molar-refractivity contribution in [2.75, 3.05) is 39.3 Å². The van der Waals surface area contributed by atoms with Gasteiger partial charge in [0.05, 0.1) is 18.8 Å². The molecule has 9 heteroatoms. The molecule has 0 aliphatic carbocycles. The molecule has 2 atom stereocenters. The van der Waals surface area contributed by atoms with Crippen LogP contribution in [0, 0.1) is 0 Å². The van der Waals surface area contributed by atoms with Crippen LogP contribution in [0.5, 0.6) is 0 Å². The fourth-order valence-corrected chi connectivity index (χ4v) is 4.21. The van der Waals surface area contributed by atoms with E-state index < -0.39 is 0 Å². The van der Waals surface area contributed by atoms with Crippen LogP contribution in [0.2, 0.25) is 0 Å². The Morgan fingerprint density at radius 3 is 2.45 bits per heavy atom. The van der Waals surface area contributed by atoms with E-state index in [0.717, 1.165) is 50.5 Å². The quantitative estimate of drug-likeness (QED) is 0.217. The van der Waals surface area contributed by atoms with E-state index in [1.165, 1.54) is 0 Å². The van der Waals surface area contributed by atoms with E-state index in [2.05, 4.69) is 15.6 Å². The number of carbonyl (C=O) groups is 2. The van der Waals surface area contributed by atoms with Crippen LogP contribution in [0.15, 0.2) is 29.3 Å². The number of halogens is 1. The number of benzene rings is 1. The van der Waals surface area contributed by atoms with Gasteiger partial charge in [0.1, 0.15) is 0 Å². The third-order valence-corrected chi connectivity index (χ3v) is 5.74. The number of hydrogen-bond donors (Lipinski definition) is 2. The van der Waals surface area contributed by atoms with Crippen molar-refractivity contribution in [3.05, 3.63) is 35.4 Å². The third-order valence-electron chi connectivity index (χ3n) is 5.74. The molecule has 0 saturated carbocycles. The molecule has 0 bridgehead atoms. The summed E-state index contributed by atoms with van der Waals surface area (Å²) in [6.45, 7) is 11.0. The van der Waals surface area contributed by atoms with Crippen LogP contribution < -0.4 is 10.6 Å². The molecule has 2 fully saturated rings. The molecule has 1 aromatic carbocycles. The second-order valence-corrected chi connectivity index (χ2v) is 8.62. The predicted molar refractivity (Wildman–Crippen MR) is 141 cm³/mol. The van der Waals surface area contributed by atoms with Gasteiger partial charge < -0.3 is 25.2 Å². The fourth-order valence-electron chi connectivity index (χ4n) is 4.21. The first-order valence-corrected chi connectivity index (χ1v) is 11.8. The zero-order chi connectivity index (χ0) is 22.9. The molecule has 0 aromatic heterocycles. The zero-order valence-corrected chi connectivity index (χ0v) is 22.3. The van der Waals surface area contributed by atoms with Gasteiger partial charge in [0.15, 0.2) is 5.96 Å². The predicted octanol–water partition coefficient (Wildman–Crippen LogP) is 2.62. The normalized spacial score (nSPS) is 21.1. The highest BCUT2D eigenvalue weighted by atomic mass is 127. The van der Waals surface area contributed by atoms with Crippen LogP contribution in [0.25, 0.3) is 0 Å². The fraction of sp³-hybridized carbons (Fsp3) is 0.625. The standard InChI is InChI=1S/C24H37N5O3.HI/c1-4-25-24(26-12-6-14-28-13-5-7-22(28)30)27-15-20-8-10-21(11-9-20)23(31)29-16-18(2)32-19(3)17-29;/h8-11,18-19H,4-7,12-17H2,1-3H3,(H2,25,26,27);1H. The number of likely N-dealkylation sites (tertiary alicyclic amines) is 1. The van der Waals surface area contributed by atoms with Crippen LogP contribution in [0.3, 0.4) is 0 Å². The van der Waals surface area contributed by atoms with Crippen molar-refractivity contribution < 1.29 is 14.3 Å². The molecule has 1 aromatic rings. The van der Waals surface area contributed by atoms with Gasteiger partial charge in [0.2, 0.25) is 5.91 Å². The van der Waals surface area contributed by atoms with Crippen molar-refractivity contribution in [3.63, 3.8) is 0 Å². The molecule has 2 N–H and O–H groups in total. The highest BCUT2D eigenvalue weighted by Crippen LogP contribution is 2.15. The minimum absolute atomic E-state index is 0. The van der Waals surface area contributed by atoms with Gasteiger partial charge in [0.25, 0.3) is 5.91 Å². The molecule has 184 valence electrons. The summed E-state index contributed by atoms with van der Waals surface area (Å²) in [5.74, 6) is 1.08. The molecule has 2 unspecified atom stereocenters. The summed E-state index contributed by atoms with van der Waals surface area (Å²) in [7, 11) is 0. The molecule has 0 spiro atoms. The second-order valence-electron chi connectivity index (χ2n) is 8.62. The van der Waals surface area contributed by atoms with Crippen LogP contribution in [0.1, 0.15) is 56.0 Å². The average Bonchev–Trinajstić information content (AvgIpc) is 3.18. The van der Waals surface area contributed by atoms with Gasteiger partial charge in [-0.1, -0.05) is 12.1 Å². The summed E-state index contributed by atoms with van der Waals surface area (Å²) in [4.78, 5) is 33.0. The molecule has 8 nitrogen and oxygen atoms in total. The van der Waals surface area contributed by atoms with E-state index in [9.17, 15) is 9.59 Å². The Kier molecular flexibility index (Phi) is 11.4. The third kappa shape index (κ3) is 8.44. The van der Waals surface area contributed by atoms with Gasteiger partial charge in [-0.3, -0.25) is 9.59 Å². The maximum atomic E-state index is 12.8. The number of nitrogens with one attached hydrogen (secondary N) is 2. The van der Waals surface area contributed by atoms with Gasteiger partial charge in [-0.05, 0) is 51.3 Å². The van der Waals surface area contributed by atoms with Crippen molar-refractivity contribution in [2.24, 2.45) is 4.99 Å². The van der Waals surface area contributed by atoms with Gasteiger partial charge >= 0.3 is 0 Å². The summed E-state index contributed by atoms with van der Waals surface area (Å²) >= 11 is 0. The lowest BCUT2D eigenvalue weighted by Crippen LogP contribution is -2.48. The molecule has 2 saturated heterocycles. The van der Waals surface area contributed by atoms with Crippen LogP contribution in [-0.2, 0) is 16.1 Å². The highest BCUT2D eigenvalue weighted by Gasteiger charge is 2.26. The number of rotatable bonds is 8. The van der Waals surface area contributed by atoms with Crippen molar-refractivity contribution >= 4 is 41.8 Å². The van der Waals surface area contributed by atoms with Crippen molar-refractivity contribution in [2.45, 2.75) is 58.8 Å². The molecule has 3 rings (SSSR count). The van der Waals surface area contributed by atoms with Gasteiger partial charge in [-0.15, -0.1) is 24.0 Å². The first-order valence-electron chi connectivity index (χ1n) is 11.8. The van der Waals surface area contributed by atoms with E-state index >= 15 is 0 Å². The SMILES string of the molecule is CCNC(=NCc1ccc(C(=O)N2CC(C)OC(C)C2)cc1)NCCCN1CCCC1=O.I. The van der Waals surface area contributed by atoms with Gasteiger partial charge in [-0.25, -0.2) is 4.99 Å². The Bertz CT molecular complexity index is 792. The number of ether oxygens (including phenoxy) is 1. The van der Waals surface area contributed by atoms with Crippen LogP contribution >= 0.6 is 24.0 Å². The number of nitrogens with zero attached hydrogens (tertiary/aromatic N) is 3. The average molecular weight is 572 g/mol. The molecule has 2 amide bonds. The number of carbonyl (C=O) groups excluding carboxylic acids is 2. The minimum atomic E-state index is 0. The maximum Gasteiger partial charge on any atom is 0.254 e. The number of aliphatic imine (C=N–C) groups is 1. The maximum absolute atomic E-state index is 12.8. The molecular weight excluding hydrogens is 533 g/mol. The number of hydrogen-bond acceptors (Lipinski definition) is 4. The van der Waals surface area contributed by atoms with E-state index in [1.807, 2.05) is 54.8 Å². The lowest BCUT2D eigenvalue weighted by atomic mass is 10.1. The van der Waals surface area contributed by atoms with Gasteiger partial charge in [0, 0.05) is 51.3 Å². The Balaban J connectivity index is 0.00000385. The van der Waals surface area contributed by atoms with Crippen LogP contribution in [-0.4, -0.2) is 79.1 Å². The lowest BCUT2D eigenvalue weighted by Gasteiger charge is -2.35. The van der Waals surface area contributed by atoms with Crippen LogP contribution in [0.4, 0.5) is 0 Å². The van der Waals surface area contributed by atoms with E-state index in [4.69, 9.17) is 4.74 Å². The summed E-state index contributed by atoms with van der Waals surface area (Å²) in [6, 6.07) is 7.69. The largest absolute Gasteiger partial charge is 0.372 e. The van der Waals surface area contributed by atoms with E-state index in [-0.39, 0.29) is 48.0 Å². The molecule has 2 aliphatic rings. The summed E-state index contributed by atoms with van der Waals surface area (Å²) in [5, 5.41) is 6.60. The molecular formula is C24H38IN5O3. The number of guanidine groups is 1. The smallest absolute Gasteiger partial charge is 0.254 e. The van der Waals surface area contributed by atoms with E-state index in [0.29, 0.717) is 31.6 Å². The Hall–Kier alpha value is -1.88. The van der Waals surface area contributed by atoms with Crippen molar-refractivity contribution in [1.82, 2.24) is 20.4 Å². The molecule has 2 aliphatic heterocycles. The van der Waals surface area contributed by atoms with E-state index in [1.54, 1.807) is 0 Å². The molecule has 33 heavy (non-hydrogen) atoms. The first kappa shape index (κ1) is 27.4. The second kappa shape index (κ2) is 13.7. The number of morpholine rings is 1. The summed E-state index contributed by atoms with van der Waals surface area (Å²) in [5.41, 5.74) is 1.74.